The van der Waals surface area contributed by atoms with Crippen LogP contribution in [0.5, 0.6) is 0 Å². The molecule has 4 nitrogen and oxygen atoms in total. The highest BCUT2D eigenvalue weighted by Crippen LogP contribution is 2.08. The second-order valence-electron chi connectivity index (χ2n) is 3.86. The summed E-state index contributed by atoms with van der Waals surface area (Å²) in [6.07, 6.45) is 0. The van der Waals surface area contributed by atoms with Gasteiger partial charge in [0.15, 0.2) is 0 Å². The van der Waals surface area contributed by atoms with E-state index in [1.165, 1.54) is 4.31 Å². The Bertz CT molecular complexity index is 473. The molecule has 0 atom stereocenters. The van der Waals surface area contributed by atoms with E-state index in [0.29, 0.717) is 19.0 Å². The molecule has 18 heavy (non-hydrogen) atoms. The predicted molar refractivity (Wildman–Crippen MR) is 74.7 cm³/mol. The Morgan fingerprint density at radius 3 is 2.39 bits per heavy atom. The fourth-order valence-corrected chi connectivity index (χ4v) is 3.03. The van der Waals surface area contributed by atoms with Gasteiger partial charge in [-0.15, -0.1) is 11.6 Å². The molecule has 0 saturated carbocycles. The van der Waals surface area contributed by atoms with Gasteiger partial charge in [0.1, 0.15) is 0 Å². The SMILES string of the molecule is CCN(CC)S(=O)(=O)NCc1cccc(CCl)c1. The zero-order chi connectivity index (χ0) is 13.6. The normalized spacial score (nSPS) is 12.0. The molecule has 0 aliphatic heterocycles. The number of nitrogens with zero attached hydrogens (tertiary/aromatic N) is 1. The summed E-state index contributed by atoms with van der Waals surface area (Å²) >= 11 is 5.74. The lowest BCUT2D eigenvalue weighted by atomic mass is 10.1. The average Bonchev–Trinajstić information content (AvgIpc) is 2.38. The Balaban J connectivity index is 2.69. The highest BCUT2D eigenvalue weighted by Gasteiger charge is 2.17. The molecule has 1 rings (SSSR count). The first-order valence-corrected chi connectivity index (χ1v) is 7.89. The van der Waals surface area contributed by atoms with Crippen LogP contribution < -0.4 is 4.72 Å². The van der Waals surface area contributed by atoms with E-state index in [-0.39, 0.29) is 6.54 Å². The van der Waals surface area contributed by atoms with Crippen LogP contribution in [0.15, 0.2) is 24.3 Å². The van der Waals surface area contributed by atoms with E-state index in [1.807, 2.05) is 38.1 Å². The number of nitrogens with one attached hydrogen (secondary N) is 1. The van der Waals surface area contributed by atoms with Gasteiger partial charge in [0.25, 0.3) is 10.2 Å². The van der Waals surface area contributed by atoms with E-state index >= 15 is 0 Å². The summed E-state index contributed by atoms with van der Waals surface area (Å²) < 4.78 is 27.8. The molecule has 0 aromatic heterocycles. The monoisotopic (exact) mass is 290 g/mol. The number of hydrogen-bond acceptors (Lipinski definition) is 2. The Kier molecular flexibility index (Phi) is 6.08. The van der Waals surface area contributed by atoms with Gasteiger partial charge in [-0.25, -0.2) is 0 Å². The Morgan fingerprint density at radius 2 is 1.83 bits per heavy atom. The Hall–Kier alpha value is -0.620. The molecule has 1 aromatic rings. The minimum atomic E-state index is -3.39. The van der Waals surface area contributed by atoms with Crippen LogP contribution in [0, 0.1) is 0 Å². The number of benzene rings is 1. The molecule has 0 amide bonds. The minimum absolute atomic E-state index is 0.281. The van der Waals surface area contributed by atoms with Crippen molar-refractivity contribution in [2.75, 3.05) is 13.1 Å². The number of hydrogen-bond donors (Lipinski definition) is 1. The lowest BCUT2D eigenvalue weighted by molar-refractivity contribution is 0.434. The van der Waals surface area contributed by atoms with Crippen LogP contribution >= 0.6 is 11.6 Å². The zero-order valence-corrected chi connectivity index (χ0v) is 12.3. The van der Waals surface area contributed by atoms with Crippen molar-refractivity contribution in [3.8, 4) is 0 Å². The first-order chi connectivity index (χ1) is 8.53. The van der Waals surface area contributed by atoms with Gasteiger partial charge < -0.3 is 0 Å². The largest absolute Gasteiger partial charge is 0.279 e. The fourth-order valence-electron chi connectivity index (χ4n) is 1.65. The molecule has 0 spiro atoms. The van der Waals surface area contributed by atoms with E-state index in [2.05, 4.69) is 4.72 Å². The molecule has 0 saturated heterocycles. The molecule has 6 heteroatoms. The Labute approximate surface area is 114 Å². The maximum Gasteiger partial charge on any atom is 0.279 e. The first kappa shape index (κ1) is 15.4. The third-order valence-electron chi connectivity index (χ3n) is 2.65. The van der Waals surface area contributed by atoms with Crippen molar-refractivity contribution in [3.63, 3.8) is 0 Å². The summed E-state index contributed by atoms with van der Waals surface area (Å²) in [5.74, 6) is 0.427. The molecule has 0 aliphatic rings. The van der Waals surface area contributed by atoms with Crippen molar-refractivity contribution in [2.45, 2.75) is 26.3 Å². The highest BCUT2D eigenvalue weighted by atomic mass is 35.5. The summed E-state index contributed by atoms with van der Waals surface area (Å²) in [4.78, 5) is 0. The fraction of sp³-hybridized carbons (Fsp3) is 0.500. The smallest absolute Gasteiger partial charge is 0.198 e. The zero-order valence-electron chi connectivity index (χ0n) is 10.7. The van der Waals surface area contributed by atoms with Crippen LogP contribution in [0.1, 0.15) is 25.0 Å². The van der Waals surface area contributed by atoms with Crippen LogP contribution in [0.25, 0.3) is 0 Å². The third kappa shape index (κ3) is 4.24. The molecule has 102 valence electrons. The van der Waals surface area contributed by atoms with Crippen LogP contribution in [0.2, 0.25) is 0 Å². The lowest BCUT2D eigenvalue weighted by Gasteiger charge is -2.18. The van der Waals surface area contributed by atoms with Crippen LogP contribution in [0.4, 0.5) is 0 Å². The van der Waals surface area contributed by atoms with Gasteiger partial charge in [0, 0.05) is 25.5 Å². The van der Waals surface area contributed by atoms with Gasteiger partial charge >= 0.3 is 0 Å². The van der Waals surface area contributed by atoms with Crippen molar-refractivity contribution in [2.24, 2.45) is 0 Å². The number of alkyl halides is 1. The van der Waals surface area contributed by atoms with Gasteiger partial charge in [-0.2, -0.15) is 17.4 Å². The maximum absolute atomic E-state index is 11.9. The van der Waals surface area contributed by atoms with Crippen LogP contribution in [-0.4, -0.2) is 25.8 Å². The van der Waals surface area contributed by atoms with Crippen molar-refractivity contribution < 1.29 is 8.42 Å². The highest BCUT2D eigenvalue weighted by molar-refractivity contribution is 7.87. The Morgan fingerprint density at radius 1 is 1.22 bits per heavy atom. The average molecular weight is 291 g/mol. The molecule has 0 aliphatic carbocycles. The second kappa shape index (κ2) is 7.09. The minimum Gasteiger partial charge on any atom is -0.198 e. The summed E-state index contributed by atoms with van der Waals surface area (Å²) in [5.41, 5.74) is 1.89. The number of rotatable bonds is 7. The van der Waals surface area contributed by atoms with Gasteiger partial charge in [-0.05, 0) is 11.1 Å². The van der Waals surface area contributed by atoms with Crippen LogP contribution in [0.3, 0.4) is 0 Å². The quantitative estimate of drug-likeness (QED) is 0.782. The lowest BCUT2D eigenvalue weighted by Crippen LogP contribution is -2.40. The molecule has 0 bridgehead atoms. The van der Waals surface area contributed by atoms with Gasteiger partial charge in [0.2, 0.25) is 0 Å². The molecular weight excluding hydrogens is 272 g/mol. The maximum atomic E-state index is 11.9. The van der Waals surface area contributed by atoms with Crippen molar-refractivity contribution >= 4 is 21.8 Å². The van der Waals surface area contributed by atoms with Gasteiger partial charge in [-0.1, -0.05) is 38.1 Å². The molecule has 1 aromatic carbocycles. The van der Waals surface area contributed by atoms with E-state index in [9.17, 15) is 8.42 Å². The van der Waals surface area contributed by atoms with E-state index < -0.39 is 10.2 Å². The summed E-state index contributed by atoms with van der Waals surface area (Å²) in [5, 5.41) is 0. The molecule has 1 N–H and O–H groups in total. The van der Waals surface area contributed by atoms with Gasteiger partial charge in [0.05, 0.1) is 0 Å². The van der Waals surface area contributed by atoms with Crippen molar-refractivity contribution in [1.29, 1.82) is 0 Å². The molecule has 0 heterocycles. The summed E-state index contributed by atoms with van der Waals surface area (Å²) in [6.45, 7) is 4.85. The number of halogens is 1. The van der Waals surface area contributed by atoms with E-state index in [4.69, 9.17) is 11.6 Å². The van der Waals surface area contributed by atoms with E-state index in [1.54, 1.807) is 0 Å². The second-order valence-corrected chi connectivity index (χ2v) is 5.89. The summed E-state index contributed by atoms with van der Waals surface area (Å²) in [6, 6.07) is 7.56. The standard InChI is InChI=1S/C12H19ClN2O2S/c1-3-15(4-2)18(16,17)14-10-12-7-5-6-11(8-12)9-13/h5-8,14H,3-4,9-10H2,1-2H3. The molecule has 0 fully saturated rings. The topological polar surface area (TPSA) is 49.4 Å². The van der Waals surface area contributed by atoms with Gasteiger partial charge in [-0.3, -0.25) is 0 Å². The third-order valence-corrected chi connectivity index (χ3v) is 4.66. The predicted octanol–water partition coefficient (Wildman–Crippen LogP) is 2.10. The van der Waals surface area contributed by atoms with Crippen molar-refractivity contribution in [1.82, 2.24) is 9.03 Å². The molecule has 0 radical (unpaired) electrons. The van der Waals surface area contributed by atoms with Crippen molar-refractivity contribution in [3.05, 3.63) is 35.4 Å². The summed E-state index contributed by atoms with van der Waals surface area (Å²) in [7, 11) is -3.39. The van der Waals surface area contributed by atoms with Crippen LogP contribution in [-0.2, 0) is 22.6 Å². The van der Waals surface area contributed by atoms with E-state index in [0.717, 1.165) is 11.1 Å². The molecular formula is C12H19ClN2O2S. The molecule has 0 unspecified atom stereocenters. The first-order valence-electron chi connectivity index (χ1n) is 5.92.